The van der Waals surface area contributed by atoms with Gasteiger partial charge in [-0.15, -0.1) is 0 Å². The van der Waals surface area contributed by atoms with Gasteiger partial charge in [0, 0.05) is 24.5 Å². The lowest BCUT2D eigenvalue weighted by Gasteiger charge is -2.21. The van der Waals surface area contributed by atoms with E-state index in [4.69, 9.17) is 0 Å². The lowest BCUT2D eigenvalue weighted by Crippen LogP contribution is -2.29. The van der Waals surface area contributed by atoms with E-state index in [-0.39, 0.29) is 6.54 Å². The summed E-state index contributed by atoms with van der Waals surface area (Å²) in [6.07, 6.45) is -2.38. The van der Waals surface area contributed by atoms with E-state index in [9.17, 15) is 8.78 Å². The van der Waals surface area contributed by atoms with Crippen LogP contribution in [0.3, 0.4) is 0 Å². The van der Waals surface area contributed by atoms with Crippen LogP contribution in [-0.4, -0.2) is 27.8 Å². The summed E-state index contributed by atoms with van der Waals surface area (Å²) in [5.41, 5.74) is 3.36. The molecule has 5 heteroatoms. The normalized spacial score (nSPS) is 11.3. The first kappa shape index (κ1) is 15.5. The summed E-state index contributed by atoms with van der Waals surface area (Å²) in [6, 6.07) is 11.3. The second kappa shape index (κ2) is 7.22. The Labute approximate surface area is 123 Å². The molecule has 0 radical (unpaired) electrons. The Hall–Kier alpha value is -1.88. The smallest absolute Gasteiger partial charge is 0.251 e. The molecule has 21 heavy (non-hydrogen) atoms. The van der Waals surface area contributed by atoms with Gasteiger partial charge in [0.05, 0.1) is 17.9 Å². The third-order valence-electron chi connectivity index (χ3n) is 3.06. The van der Waals surface area contributed by atoms with Crippen molar-refractivity contribution in [3.8, 4) is 0 Å². The van der Waals surface area contributed by atoms with E-state index < -0.39 is 6.43 Å². The fourth-order valence-electron chi connectivity index (χ4n) is 2.21. The molecule has 0 saturated heterocycles. The molecule has 2 aromatic heterocycles. The number of hydrogen-bond donors (Lipinski definition) is 0. The summed E-state index contributed by atoms with van der Waals surface area (Å²) < 4.78 is 25.5. The maximum Gasteiger partial charge on any atom is 0.251 e. The SMILES string of the molecule is Cc1cccc(CN(Cc2cccc(C)n2)CC(F)F)n1. The topological polar surface area (TPSA) is 29.0 Å². The largest absolute Gasteiger partial charge is 0.286 e. The van der Waals surface area contributed by atoms with Crippen molar-refractivity contribution in [1.29, 1.82) is 0 Å². The number of alkyl halides is 2. The Kier molecular flexibility index (Phi) is 5.33. The number of aryl methyl sites for hydroxylation is 2. The standard InChI is InChI=1S/C16H19F2N3/c1-12-5-3-7-14(19-12)9-21(11-16(17)18)10-15-8-4-6-13(2)20-15/h3-8,16H,9-11H2,1-2H3. The van der Waals surface area contributed by atoms with Crippen LogP contribution < -0.4 is 0 Å². The first-order chi connectivity index (χ1) is 10.0. The van der Waals surface area contributed by atoms with Crippen LogP contribution in [-0.2, 0) is 13.1 Å². The summed E-state index contributed by atoms with van der Waals surface area (Å²) in [5.74, 6) is 0. The monoisotopic (exact) mass is 291 g/mol. The van der Waals surface area contributed by atoms with Gasteiger partial charge in [0.25, 0.3) is 6.43 Å². The quantitative estimate of drug-likeness (QED) is 0.817. The molecule has 0 N–H and O–H groups in total. The molecule has 0 aliphatic rings. The molecule has 0 fully saturated rings. The molecular formula is C16H19F2N3. The Morgan fingerprint density at radius 3 is 1.76 bits per heavy atom. The van der Waals surface area contributed by atoms with Crippen LogP contribution in [0.2, 0.25) is 0 Å². The fourth-order valence-corrected chi connectivity index (χ4v) is 2.21. The predicted octanol–water partition coefficient (Wildman–Crippen LogP) is 3.36. The molecule has 112 valence electrons. The molecule has 0 spiro atoms. The summed E-state index contributed by atoms with van der Waals surface area (Å²) in [6.45, 7) is 4.28. The van der Waals surface area contributed by atoms with Crippen molar-refractivity contribution < 1.29 is 8.78 Å². The summed E-state index contributed by atoms with van der Waals surface area (Å²) >= 11 is 0. The van der Waals surface area contributed by atoms with Crippen LogP contribution in [0.25, 0.3) is 0 Å². The van der Waals surface area contributed by atoms with Crippen molar-refractivity contribution in [2.24, 2.45) is 0 Å². The van der Waals surface area contributed by atoms with Crippen molar-refractivity contribution >= 4 is 0 Å². The highest BCUT2D eigenvalue weighted by atomic mass is 19.3. The maximum atomic E-state index is 12.8. The highest BCUT2D eigenvalue weighted by Crippen LogP contribution is 2.10. The predicted molar refractivity (Wildman–Crippen MR) is 78.1 cm³/mol. The molecule has 2 rings (SSSR count). The minimum Gasteiger partial charge on any atom is -0.286 e. The van der Waals surface area contributed by atoms with Crippen LogP contribution in [0.5, 0.6) is 0 Å². The van der Waals surface area contributed by atoms with Crippen molar-refractivity contribution in [3.63, 3.8) is 0 Å². The van der Waals surface area contributed by atoms with Crippen molar-refractivity contribution in [1.82, 2.24) is 14.9 Å². The van der Waals surface area contributed by atoms with E-state index in [1.54, 1.807) is 4.90 Å². The van der Waals surface area contributed by atoms with Crippen molar-refractivity contribution in [3.05, 3.63) is 59.2 Å². The van der Waals surface area contributed by atoms with Gasteiger partial charge < -0.3 is 0 Å². The van der Waals surface area contributed by atoms with Gasteiger partial charge in [0.2, 0.25) is 0 Å². The molecule has 0 aromatic carbocycles. The minimum absolute atomic E-state index is 0.286. The number of rotatable bonds is 6. The molecule has 2 heterocycles. The maximum absolute atomic E-state index is 12.8. The summed E-state index contributed by atoms with van der Waals surface area (Å²) in [4.78, 5) is 10.4. The van der Waals surface area contributed by atoms with Crippen LogP contribution >= 0.6 is 0 Å². The Balaban J connectivity index is 2.10. The first-order valence-corrected chi connectivity index (χ1v) is 6.88. The molecule has 0 amide bonds. The average Bonchev–Trinajstić information content (AvgIpc) is 2.37. The second-order valence-electron chi connectivity index (χ2n) is 5.10. The number of nitrogens with zero attached hydrogens (tertiary/aromatic N) is 3. The molecule has 0 aliphatic carbocycles. The zero-order valence-electron chi connectivity index (χ0n) is 12.3. The summed E-state index contributed by atoms with van der Waals surface area (Å²) in [5, 5.41) is 0. The molecular weight excluding hydrogens is 272 g/mol. The Morgan fingerprint density at radius 1 is 0.905 bits per heavy atom. The van der Waals surface area contributed by atoms with E-state index in [1.165, 1.54) is 0 Å². The lowest BCUT2D eigenvalue weighted by atomic mass is 10.2. The third kappa shape index (κ3) is 5.19. The number of hydrogen-bond acceptors (Lipinski definition) is 3. The van der Waals surface area contributed by atoms with Gasteiger partial charge in [-0.2, -0.15) is 0 Å². The molecule has 0 unspecified atom stereocenters. The van der Waals surface area contributed by atoms with Gasteiger partial charge in [0.1, 0.15) is 0 Å². The first-order valence-electron chi connectivity index (χ1n) is 6.88. The highest BCUT2D eigenvalue weighted by Gasteiger charge is 2.14. The van der Waals surface area contributed by atoms with Gasteiger partial charge in [-0.25, -0.2) is 8.78 Å². The van der Waals surface area contributed by atoms with Gasteiger partial charge in [-0.05, 0) is 38.1 Å². The molecule has 2 aromatic rings. The Bertz CT molecular complexity index is 540. The van der Waals surface area contributed by atoms with Gasteiger partial charge >= 0.3 is 0 Å². The van der Waals surface area contributed by atoms with E-state index in [0.29, 0.717) is 13.1 Å². The van der Waals surface area contributed by atoms with E-state index in [1.807, 2.05) is 50.2 Å². The van der Waals surface area contributed by atoms with Crippen LogP contribution in [0.4, 0.5) is 8.78 Å². The molecule has 0 aliphatic heterocycles. The molecule has 3 nitrogen and oxygen atoms in total. The zero-order valence-corrected chi connectivity index (χ0v) is 12.3. The zero-order chi connectivity index (χ0) is 15.2. The highest BCUT2D eigenvalue weighted by molar-refractivity contribution is 5.12. The Morgan fingerprint density at radius 2 is 1.38 bits per heavy atom. The van der Waals surface area contributed by atoms with Gasteiger partial charge in [-0.3, -0.25) is 14.9 Å². The van der Waals surface area contributed by atoms with Gasteiger partial charge in [-0.1, -0.05) is 12.1 Å². The molecule has 0 bridgehead atoms. The van der Waals surface area contributed by atoms with Crippen LogP contribution in [0, 0.1) is 13.8 Å². The molecule has 0 atom stereocenters. The minimum atomic E-state index is -2.38. The van der Waals surface area contributed by atoms with E-state index in [2.05, 4.69) is 9.97 Å². The number of pyridine rings is 2. The van der Waals surface area contributed by atoms with Gasteiger partial charge in [0.15, 0.2) is 0 Å². The van der Waals surface area contributed by atoms with E-state index >= 15 is 0 Å². The number of aromatic nitrogens is 2. The lowest BCUT2D eigenvalue weighted by molar-refractivity contribution is 0.0797. The fraction of sp³-hybridized carbons (Fsp3) is 0.375. The second-order valence-corrected chi connectivity index (χ2v) is 5.10. The van der Waals surface area contributed by atoms with E-state index in [0.717, 1.165) is 22.8 Å². The average molecular weight is 291 g/mol. The molecule has 0 saturated carbocycles. The third-order valence-corrected chi connectivity index (χ3v) is 3.06. The number of halogens is 2. The van der Waals surface area contributed by atoms with Crippen LogP contribution in [0.1, 0.15) is 22.8 Å². The summed E-state index contributed by atoms with van der Waals surface area (Å²) in [7, 11) is 0. The van der Waals surface area contributed by atoms with Crippen LogP contribution in [0.15, 0.2) is 36.4 Å². The van der Waals surface area contributed by atoms with Crippen molar-refractivity contribution in [2.75, 3.05) is 6.54 Å². The van der Waals surface area contributed by atoms with Crippen molar-refractivity contribution in [2.45, 2.75) is 33.4 Å².